The molecule has 98 valence electrons. The SMILES string of the molecule is O=Cc1[nH]nc2c(Oc3ccc(N=O)cn3)cccc12. The number of benzene rings is 1. The van der Waals surface area contributed by atoms with Crippen LogP contribution in [0.1, 0.15) is 10.5 Å². The molecule has 0 spiro atoms. The van der Waals surface area contributed by atoms with E-state index >= 15 is 0 Å². The van der Waals surface area contributed by atoms with Gasteiger partial charge in [0.25, 0.3) is 0 Å². The number of nitrogens with zero attached hydrogens (tertiary/aromatic N) is 3. The molecular weight excluding hydrogens is 260 g/mol. The first kappa shape index (κ1) is 12.0. The van der Waals surface area contributed by atoms with E-state index in [4.69, 9.17) is 4.74 Å². The maximum Gasteiger partial charge on any atom is 0.219 e. The summed E-state index contributed by atoms with van der Waals surface area (Å²) in [7, 11) is 0. The minimum atomic E-state index is 0.221. The van der Waals surface area contributed by atoms with Crippen molar-refractivity contribution >= 4 is 22.9 Å². The van der Waals surface area contributed by atoms with Gasteiger partial charge >= 0.3 is 0 Å². The predicted octanol–water partition coefficient (Wildman–Crippen LogP) is 2.96. The molecule has 1 N–H and O–H groups in total. The summed E-state index contributed by atoms with van der Waals surface area (Å²) in [6.07, 6.45) is 2.01. The van der Waals surface area contributed by atoms with Crippen LogP contribution in [0.15, 0.2) is 41.7 Å². The minimum absolute atomic E-state index is 0.221. The molecule has 0 amide bonds. The highest BCUT2D eigenvalue weighted by Crippen LogP contribution is 2.29. The van der Waals surface area contributed by atoms with Crippen molar-refractivity contribution in [3.8, 4) is 11.6 Å². The van der Waals surface area contributed by atoms with Crippen LogP contribution in [-0.4, -0.2) is 21.5 Å². The molecule has 0 saturated carbocycles. The van der Waals surface area contributed by atoms with E-state index in [0.717, 1.165) is 0 Å². The van der Waals surface area contributed by atoms with Gasteiger partial charge in [0.2, 0.25) is 5.88 Å². The number of nitrogens with one attached hydrogen (secondary N) is 1. The van der Waals surface area contributed by atoms with Gasteiger partial charge in [-0.1, -0.05) is 12.1 Å². The highest BCUT2D eigenvalue weighted by atomic mass is 16.5. The smallest absolute Gasteiger partial charge is 0.219 e. The van der Waals surface area contributed by atoms with Crippen molar-refractivity contribution in [2.75, 3.05) is 0 Å². The predicted molar refractivity (Wildman–Crippen MR) is 71.2 cm³/mol. The lowest BCUT2D eigenvalue weighted by Gasteiger charge is -2.04. The van der Waals surface area contributed by atoms with Crippen LogP contribution in [0, 0.1) is 4.91 Å². The largest absolute Gasteiger partial charge is 0.437 e. The van der Waals surface area contributed by atoms with Crippen LogP contribution >= 0.6 is 0 Å². The summed E-state index contributed by atoms with van der Waals surface area (Å²) in [5.41, 5.74) is 1.14. The Morgan fingerprint density at radius 1 is 1.25 bits per heavy atom. The van der Waals surface area contributed by atoms with Gasteiger partial charge in [0.15, 0.2) is 12.0 Å². The molecule has 0 saturated heterocycles. The van der Waals surface area contributed by atoms with Crippen LogP contribution in [-0.2, 0) is 0 Å². The van der Waals surface area contributed by atoms with Gasteiger partial charge in [-0.15, -0.1) is 4.91 Å². The second-order valence-electron chi connectivity index (χ2n) is 3.96. The molecule has 2 heterocycles. The summed E-state index contributed by atoms with van der Waals surface area (Å²) >= 11 is 0. The summed E-state index contributed by atoms with van der Waals surface area (Å²) in [5.74, 6) is 0.770. The maximum atomic E-state index is 10.9. The van der Waals surface area contributed by atoms with E-state index in [1.54, 1.807) is 18.2 Å². The van der Waals surface area contributed by atoms with Crippen molar-refractivity contribution in [3.05, 3.63) is 47.1 Å². The third kappa shape index (κ3) is 2.01. The zero-order valence-corrected chi connectivity index (χ0v) is 10.1. The number of carbonyl (C=O) groups is 1. The van der Waals surface area contributed by atoms with E-state index < -0.39 is 0 Å². The van der Waals surface area contributed by atoms with Gasteiger partial charge < -0.3 is 4.74 Å². The average molecular weight is 268 g/mol. The van der Waals surface area contributed by atoms with E-state index in [-0.39, 0.29) is 5.69 Å². The van der Waals surface area contributed by atoms with Gasteiger partial charge in [-0.05, 0) is 17.3 Å². The lowest BCUT2D eigenvalue weighted by atomic mass is 10.2. The lowest BCUT2D eigenvalue weighted by molar-refractivity contribution is 0.112. The number of fused-ring (bicyclic) bond motifs is 1. The van der Waals surface area contributed by atoms with E-state index in [9.17, 15) is 9.70 Å². The summed E-state index contributed by atoms with van der Waals surface area (Å²) in [5, 5.41) is 10.1. The molecule has 7 heteroatoms. The molecule has 20 heavy (non-hydrogen) atoms. The average Bonchev–Trinajstić information content (AvgIpc) is 2.92. The molecule has 0 aliphatic heterocycles. The molecule has 0 aliphatic rings. The highest BCUT2D eigenvalue weighted by Gasteiger charge is 2.10. The molecule has 0 aliphatic carbocycles. The van der Waals surface area contributed by atoms with E-state index in [1.165, 1.54) is 18.3 Å². The summed E-state index contributed by atoms with van der Waals surface area (Å²) in [4.78, 5) is 25.1. The number of pyridine rings is 1. The summed E-state index contributed by atoms with van der Waals surface area (Å²) in [6, 6.07) is 8.26. The van der Waals surface area contributed by atoms with Crippen LogP contribution in [0.3, 0.4) is 0 Å². The zero-order chi connectivity index (χ0) is 13.9. The van der Waals surface area contributed by atoms with E-state index in [1.807, 2.05) is 0 Å². The van der Waals surface area contributed by atoms with Crippen molar-refractivity contribution in [1.82, 2.24) is 15.2 Å². The number of para-hydroxylation sites is 1. The van der Waals surface area contributed by atoms with Crippen LogP contribution in [0.4, 0.5) is 5.69 Å². The third-order valence-electron chi connectivity index (χ3n) is 2.74. The molecule has 1 aromatic carbocycles. The molecule has 0 unspecified atom stereocenters. The van der Waals surface area contributed by atoms with Crippen molar-refractivity contribution in [2.45, 2.75) is 0 Å². The molecule has 0 atom stereocenters. The fraction of sp³-hybridized carbons (Fsp3) is 0. The molecule has 2 aromatic heterocycles. The molecule has 0 bridgehead atoms. The second-order valence-corrected chi connectivity index (χ2v) is 3.96. The molecule has 3 rings (SSSR count). The quantitative estimate of drug-likeness (QED) is 0.579. The van der Waals surface area contributed by atoms with Gasteiger partial charge in [0.1, 0.15) is 16.9 Å². The van der Waals surface area contributed by atoms with Crippen LogP contribution < -0.4 is 4.74 Å². The van der Waals surface area contributed by atoms with Gasteiger partial charge in [-0.2, -0.15) is 5.10 Å². The number of hydrogen-bond acceptors (Lipinski definition) is 6. The van der Waals surface area contributed by atoms with E-state index in [0.29, 0.717) is 34.5 Å². The third-order valence-corrected chi connectivity index (χ3v) is 2.74. The molecule has 3 aromatic rings. The van der Waals surface area contributed by atoms with Gasteiger partial charge in [0.05, 0.1) is 6.20 Å². The molecule has 0 fully saturated rings. The molecule has 0 radical (unpaired) electrons. The Balaban J connectivity index is 1.99. The number of H-pyrrole nitrogens is 1. The monoisotopic (exact) mass is 268 g/mol. The number of carbonyl (C=O) groups excluding carboxylic acids is 1. The van der Waals surface area contributed by atoms with Crippen molar-refractivity contribution < 1.29 is 9.53 Å². The van der Waals surface area contributed by atoms with Crippen molar-refractivity contribution in [2.24, 2.45) is 5.18 Å². The number of aromatic amines is 1. The number of nitroso groups, excluding NO2 is 1. The van der Waals surface area contributed by atoms with Crippen LogP contribution in [0.5, 0.6) is 11.6 Å². The Morgan fingerprint density at radius 3 is 2.85 bits per heavy atom. The second kappa shape index (κ2) is 4.88. The first-order valence-corrected chi connectivity index (χ1v) is 5.71. The Morgan fingerprint density at radius 2 is 2.15 bits per heavy atom. The highest BCUT2D eigenvalue weighted by molar-refractivity contribution is 5.97. The maximum absolute atomic E-state index is 10.9. The Kier molecular flexibility index (Phi) is 2.92. The number of aldehydes is 1. The van der Waals surface area contributed by atoms with E-state index in [2.05, 4.69) is 20.4 Å². The van der Waals surface area contributed by atoms with Gasteiger partial charge in [-0.25, -0.2) is 4.98 Å². The first-order valence-electron chi connectivity index (χ1n) is 5.71. The van der Waals surface area contributed by atoms with Crippen molar-refractivity contribution in [1.29, 1.82) is 0 Å². The molecular formula is C13H8N4O3. The Hall–Kier alpha value is -3.09. The van der Waals surface area contributed by atoms with Gasteiger partial charge in [-0.3, -0.25) is 9.89 Å². The van der Waals surface area contributed by atoms with Crippen LogP contribution in [0.2, 0.25) is 0 Å². The normalized spacial score (nSPS) is 10.4. The molecule has 7 nitrogen and oxygen atoms in total. The Bertz CT molecular complexity index is 780. The number of rotatable bonds is 4. The van der Waals surface area contributed by atoms with Crippen LogP contribution in [0.25, 0.3) is 10.9 Å². The number of ether oxygens (including phenoxy) is 1. The lowest BCUT2D eigenvalue weighted by Crippen LogP contribution is -1.88. The fourth-order valence-electron chi connectivity index (χ4n) is 1.80. The topological polar surface area (TPSA) is 97.3 Å². The Labute approximate surface area is 112 Å². The first-order chi connectivity index (χ1) is 9.81. The zero-order valence-electron chi connectivity index (χ0n) is 10.1. The number of hydrogen-bond donors (Lipinski definition) is 1. The minimum Gasteiger partial charge on any atom is -0.437 e. The van der Waals surface area contributed by atoms with Gasteiger partial charge in [0, 0.05) is 11.5 Å². The summed E-state index contributed by atoms with van der Waals surface area (Å²) < 4.78 is 5.60. The summed E-state index contributed by atoms with van der Waals surface area (Å²) in [6.45, 7) is 0. The van der Waals surface area contributed by atoms with Crippen molar-refractivity contribution in [3.63, 3.8) is 0 Å². The number of aromatic nitrogens is 3. The fourth-order valence-corrected chi connectivity index (χ4v) is 1.80. The standard InChI is InChI=1S/C13H8N4O3/c18-7-10-9-2-1-3-11(13(9)16-15-10)20-12-5-4-8(17-19)6-14-12/h1-7H,(H,15,16).